The largest absolute Gasteiger partial charge is 0.371 e. The molecule has 0 spiro atoms. The second-order valence-corrected chi connectivity index (χ2v) is 7.21. The van der Waals surface area contributed by atoms with Crippen molar-refractivity contribution in [3.63, 3.8) is 0 Å². The van der Waals surface area contributed by atoms with E-state index in [1.165, 1.54) is 37.2 Å². The summed E-state index contributed by atoms with van der Waals surface area (Å²) < 4.78 is 1.14. The molecule has 1 aliphatic heterocycles. The van der Waals surface area contributed by atoms with Gasteiger partial charge in [0.15, 0.2) is 0 Å². The number of halogens is 1. The Balaban J connectivity index is 2.17. The highest BCUT2D eigenvalue weighted by Gasteiger charge is 2.22. The van der Waals surface area contributed by atoms with E-state index in [0.717, 1.165) is 17.3 Å². The van der Waals surface area contributed by atoms with Crippen LogP contribution in [0.3, 0.4) is 0 Å². The number of likely N-dealkylation sites (tertiary alicyclic amines) is 1. The van der Waals surface area contributed by atoms with Gasteiger partial charge in [-0.3, -0.25) is 0 Å². The maximum Gasteiger partial charge on any atom is 0.0400 e. The second kappa shape index (κ2) is 7.61. The summed E-state index contributed by atoms with van der Waals surface area (Å²) in [4.78, 5) is 4.89. The van der Waals surface area contributed by atoms with Gasteiger partial charge in [-0.25, -0.2) is 0 Å². The summed E-state index contributed by atoms with van der Waals surface area (Å²) >= 11 is 3.60. The Kier molecular flexibility index (Phi) is 6.08. The van der Waals surface area contributed by atoms with Crippen molar-refractivity contribution in [3.8, 4) is 0 Å². The van der Waals surface area contributed by atoms with Gasteiger partial charge >= 0.3 is 0 Å². The number of piperidine rings is 1. The van der Waals surface area contributed by atoms with Crippen molar-refractivity contribution in [1.29, 1.82) is 0 Å². The highest BCUT2D eigenvalue weighted by molar-refractivity contribution is 9.10. The minimum absolute atomic E-state index is 0.240. The molecule has 1 saturated heterocycles. The van der Waals surface area contributed by atoms with Crippen LogP contribution in [0.15, 0.2) is 22.7 Å². The highest BCUT2D eigenvalue weighted by atomic mass is 79.9. The topological polar surface area (TPSA) is 32.5 Å². The third-order valence-corrected chi connectivity index (χ3v) is 5.16. The summed E-state index contributed by atoms with van der Waals surface area (Å²) in [7, 11) is 4.45. The molecule has 2 N–H and O–H groups in total. The van der Waals surface area contributed by atoms with Crippen LogP contribution in [0.1, 0.15) is 31.7 Å². The quantitative estimate of drug-likeness (QED) is 0.881. The molecule has 1 aromatic carbocycles. The molecule has 0 aliphatic carbocycles. The van der Waals surface area contributed by atoms with E-state index in [9.17, 15) is 0 Å². The fourth-order valence-electron chi connectivity index (χ4n) is 3.07. The van der Waals surface area contributed by atoms with Gasteiger partial charge in [0.1, 0.15) is 0 Å². The van der Waals surface area contributed by atoms with Crippen molar-refractivity contribution < 1.29 is 0 Å². The van der Waals surface area contributed by atoms with Crippen molar-refractivity contribution in [1.82, 2.24) is 4.90 Å². The van der Waals surface area contributed by atoms with E-state index in [2.05, 4.69) is 64.9 Å². The fourth-order valence-corrected chi connectivity index (χ4v) is 3.48. The summed E-state index contributed by atoms with van der Waals surface area (Å²) in [5.41, 5.74) is 8.89. The number of rotatable bonds is 5. The normalized spacial score (nSPS) is 18.7. The second-order valence-electron chi connectivity index (χ2n) is 6.29. The zero-order chi connectivity index (χ0) is 15.4. The average molecular weight is 354 g/mol. The Morgan fingerprint density at radius 3 is 2.67 bits per heavy atom. The van der Waals surface area contributed by atoms with E-state index in [-0.39, 0.29) is 6.04 Å². The fraction of sp³-hybridized carbons (Fsp3) is 0.647. The van der Waals surface area contributed by atoms with E-state index < -0.39 is 0 Å². The first kappa shape index (κ1) is 16.8. The lowest BCUT2D eigenvalue weighted by Crippen LogP contribution is -2.42. The number of nitrogens with two attached hydrogens (primary N) is 1. The minimum atomic E-state index is 0.240. The Labute approximate surface area is 137 Å². The van der Waals surface area contributed by atoms with E-state index in [1.807, 2.05) is 0 Å². The van der Waals surface area contributed by atoms with Crippen LogP contribution in [0, 0.1) is 0 Å². The van der Waals surface area contributed by atoms with Gasteiger partial charge in [0.2, 0.25) is 0 Å². The van der Waals surface area contributed by atoms with Crippen LogP contribution >= 0.6 is 15.9 Å². The van der Waals surface area contributed by atoms with E-state index in [0.29, 0.717) is 6.04 Å². The Bertz CT molecular complexity index is 455. The molecule has 3 nitrogen and oxygen atoms in total. The van der Waals surface area contributed by atoms with Crippen LogP contribution in [-0.4, -0.2) is 44.2 Å². The Morgan fingerprint density at radius 1 is 1.38 bits per heavy atom. The molecular formula is C17H28BrN3. The SMILES string of the molecule is CCC(N)Cc1cc(Br)ccc1N(C)C1CCN(C)CC1. The first-order chi connectivity index (χ1) is 10.0. The van der Waals surface area contributed by atoms with Gasteiger partial charge in [-0.15, -0.1) is 0 Å². The molecular weight excluding hydrogens is 326 g/mol. The third kappa shape index (κ3) is 4.44. The average Bonchev–Trinajstić information content (AvgIpc) is 2.47. The van der Waals surface area contributed by atoms with Crippen molar-refractivity contribution >= 4 is 21.6 Å². The molecule has 0 aromatic heterocycles. The number of hydrogen-bond donors (Lipinski definition) is 1. The van der Waals surface area contributed by atoms with E-state index in [4.69, 9.17) is 5.73 Å². The smallest absolute Gasteiger partial charge is 0.0400 e. The maximum absolute atomic E-state index is 6.18. The predicted molar refractivity (Wildman–Crippen MR) is 95.0 cm³/mol. The van der Waals surface area contributed by atoms with Gasteiger partial charge < -0.3 is 15.5 Å². The summed E-state index contributed by atoms with van der Waals surface area (Å²) in [6.45, 7) is 4.54. The molecule has 1 fully saturated rings. The van der Waals surface area contributed by atoms with Gasteiger partial charge in [0.25, 0.3) is 0 Å². The molecule has 0 amide bonds. The molecule has 1 unspecified atom stereocenters. The molecule has 21 heavy (non-hydrogen) atoms. The summed E-state index contributed by atoms with van der Waals surface area (Å²) in [6, 6.07) is 7.49. The molecule has 1 atom stereocenters. The van der Waals surface area contributed by atoms with Crippen molar-refractivity contribution in [3.05, 3.63) is 28.2 Å². The number of hydrogen-bond acceptors (Lipinski definition) is 3. The Hall–Kier alpha value is -0.580. The van der Waals surface area contributed by atoms with Crippen LogP contribution in [0.5, 0.6) is 0 Å². The number of anilines is 1. The predicted octanol–water partition coefficient (Wildman–Crippen LogP) is 3.26. The van der Waals surface area contributed by atoms with Crippen molar-refractivity contribution in [2.45, 2.75) is 44.7 Å². The maximum atomic E-state index is 6.18. The van der Waals surface area contributed by atoms with Crippen LogP contribution in [0.4, 0.5) is 5.69 Å². The van der Waals surface area contributed by atoms with Crippen molar-refractivity contribution in [2.75, 3.05) is 32.1 Å². The zero-order valence-corrected chi connectivity index (χ0v) is 15.1. The van der Waals surface area contributed by atoms with Gasteiger partial charge in [-0.05, 0) is 69.6 Å². The third-order valence-electron chi connectivity index (χ3n) is 4.66. The molecule has 1 aliphatic rings. The van der Waals surface area contributed by atoms with Crippen LogP contribution in [0.2, 0.25) is 0 Å². The van der Waals surface area contributed by atoms with Crippen molar-refractivity contribution in [2.24, 2.45) is 5.73 Å². The zero-order valence-electron chi connectivity index (χ0n) is 13.5. The van der Waals surface area contributed by atoms with E-state index in [1.54, 1.807) is 0 Å². The summed E-state index contributed by atoms with van der Waals surface area (Å²) in [5, 5.41) is 0. The first-order valence-electron chi connectivity index (χ1n) is 7.96. The molecule has 1 heterocycles. The number of benzene rings is 1. The molecule has 2 rings (SSSR count). The lowest BCUT2D eigenvalue weighted by molar-refractivity contribution is 0.252. The van der Waals surface area contributed by atoms with Gasteiger partial charge in [0.05, 0.1) is 0 Å². The summed E-state index contributed by atoms with van der Waals surface area (Å²) in [6.07, 6.45) is 4.44. The van der Waals surface area contributed by atoms with Gasteiger partial charge in [0, 0.05) is 29.3 Å². The van der Waals surface area contributed by atoms with Crippen LogP contribution in [0.25, 0.3) is 0 Å². The highest BCUT2D eigenvalue weighted by Crippen LogP contribution is 2.29. The molecule has 0 saturated carbocycles. The molecule has 1 aromatic rings. The standard InChI is InChI=1S/C17H28BrN3/c1-4-15(19)12-13-11-14(18)5-6-17(13)21(3)16-7-9-20(2)10-8-16/h5-6,11,15-16H,4,7-10,12,19H2,1-3H3. The van der Waals surface area contributed by atoms with Gasteiger partial charge in [-0.2, -0.15) is 0 Å². The van der Waals surface area contributed by atoms with Crippen LogP contribution < -0.4 is 10.6 Å². The van der Waals surface area contributed by atoms with Crippen LogP contribution in [-0.2, 0) is 6.42 Å². The molecule has 0 radical (unpaired) electrons. The van der Waals surface area contributed by atoms with Gasteiger partial charge in [-0.1, -0.05) is 22.9 Å². The first-order valence-corrected chi connectivity index (χ1v) is 8.76. The molecule has 4 heteroatoms. The minimum Gasteiger partial charge on any atom is -0.371 e. The monoisotopic (exact) mass is 353 g/mol. The summed E-state index contributed by atoms with van der Waals surface area (Å²) in [5.74, 6) is 0. The van der Waals surface area contributed by atoms with E-state index >= 15 is 0 Å². The lowest BCUT2D eigenvalue weighted by atomic mass is 9.99. The Morgan fingerprint density at radius 2 is 2.05 bits per heavy atom. The molecule has 0 bridgehead atoms. The lowest BCUT2D eigenvalue weighted by Gasteiger charge is -2.37. The number of nitrogens with zero attached hydrogens (tertiary/aromatic N) is 2. The molecule has 118 valence electrons.